The summed E-state index contributed by atoms with van der Waals surface area (Å²) in [5.74, 6) is 3.60. The predicted molar refractivity (Wildman–Crippen MR) is 109 cm³/mol. The highest BCUT2D eigenvalue weighted by molar-refractivity contribution is 5.53. The molecule has 0 saturated heterocycles. The van der Waals surface area contributed by atoms with Gasteiger partial charge in [-0.25, -0.2) is 9.97 Å². The lowest BCUT2D eigenvalue weighted by atomic mass is 9.95. The molecule has 2 atom stereocenters. The number of rotatable bonds is 6. The normalized spacial score (nSPS) is 20.5. The van der Waals surface area contributed by atoms with E-state index in [2.05, 4.69) is 61.3 Å². The van der Waals surface area contributed by atoms with Crippen LogP contribution in [0.15, 0.2) is 30.3 Å². The summed E-state index contributed by atoms with van der Waals surface area (Å²) in [4.78, 5) is 12.1. The number of aliphatic hydroxyl groups excluding tert-OH is 1. The molecule has 2 N–H and O–H groups in total. The minimum Gasteiger partial charge on any atom is -0.394 e. The van der Waals surface area contributed by atoms with E-state index in [1.54, 1.807) is 0 Å². The lowest BCUT2D eigenvalue weighted by Gasteiger charge is -2.36. The topological polar surface area (TPSA) is 61.3 Å². The van der Waals surface area contributed by atoms with E-state index in [1.165, 1.54) is 24.0 Å². The average molecular weight is 367 g/mol. The molecule has 1 saturated carbocycles. The molecule has 1 aromatic heterocycles. The second-order valence-corrected chi connectivity index (χ2v) is 8.37. The zero-order valence-corrected chi connectivity index (χ0v) is 16.5. The summed E-state index contributed by atoms with van der Waals surface area (Å²) in [6, 6.07) is 11.1. The van der Waals surface area contributed by atoms with Crippen LogP contribution in [-0.4, -0.2) is 33.8 Å². The van der Waals surface area contributed by atoms with E-state index >= 15 is 0 Å². The first kappa shape index (κ1) is 18.2. The van der Waals surface area contributed by atoms with Gasteiger partial charge >= 0.3 is 0 Å². The van der Waals surface area contributed by atoms with Gasteiger partial charge in [0.1, 0.15) is 17.5 Å². The smallest absolute Gasteiger partial charge is 0.136 e. The molecule has 1 aliphatic heterocycles. The maximum atomic E-state index is 9.70. The molecule has 2 aliphatic rings. The number of benzene rings is 1. The van der Waals surface area contributed by atoms with Crippen molar-refractivity contribution >= 4 is 11.6 Å². The Morgan fingerprint density at radius 3 is 2.59 bits per heavy atom. The average Bonchev–Trinajstić information content (AvgIpc) is 3.50. The first-order chi connectivity index (χ1) is 13.0. The highest BCUT2D eigenvalue weighted by Crippen LogP contribution is 2.40. The molecule has 2 aromatic rings. The van der Waals surface area contributed by atoms with Crippen molar-refractivity contribution in [3.05, 3.63) is 47.3 Å². The van der Waals surface area contributed by atoms with E-state index in [0.29, 0.717) is 17.9 Å². The Labute approximate surface area is 161 Å². The number of aliphatic hydroxyl groups is 1. The summed E-state index contributed by atoms with van der Waals surface area (Å²) in [5.41, 5.74) is 2.82. The van der Waals surface area contributed by atoms with Crippen molar-refractivity contribution in [1.29, 1.82) is 0 Å². The molecule has 0 amide bonds. The lowest BCUT2D eigenvalue weighted by Crippen LogP contribution is -2.39. The molecule has 1 fully saturated rings. The van der Waals surface area contributed by atoms with Crippen LogP contribution in [0.2, 0.25) is 0 Å². The van der Waals surface area contributed by atoms with Crippen LogP contribution in [0.5, 0.6) is 0 Å². The number of aromatic nitrogens is 2. The molecule has 4 rings (SSSR count). The van der Waals surface area contributed by atoms with Crippen molar-refractivity contribution in [1.82, 2.24) is 9.97 Å². The number of anilines is 2. The predicted octanol–water partition coefficient (Wildman–Crippen LogP) is 3.73. The third-order valence-electron chi connectivity index (χ3n) is 5.81. The minimum absolute atomic E-state index is 0.000640. The lowest BCUT2D eigenvalue weighted by molar-refractivity contribution is 0.249. The van der Waals surface area contributed by atoms with Crippen LogP contribution in [0.4, 0.5) is 11.6 Å². The molecule has 27 heavy (non-hydrogen) atoms. The van der Waals surface area contributed by atoms with Gasteiger partial charge in [-0.2, -0.15) is 0 Å². The third kappa shape index (κ3) is 3.93. The van der Waals surface area contributed by atoms with Gasteiger partial charge in [0.2, 0.25) is 0 Å². The number of fused-ring (bicyclic) bond motifs is 1. The van der Waals surface area contributed by atoms with Crippen LogP contribution in [-0.2, 0) is 13.0 Å². The molecule has 0 unspecified atom stereocenters. The molecule has 144 valence electrons. The zero-order valence-electron chi connectivity index (χ0n) is 16.5. The van der Waals surface area contributed by atoms with E-state index < -0.39 is 0 Å². The third-order valence-corrected chi connectivity index (χ3v) is 5.81. The van der Waals surface area contributed by atoms with Gasteiger partial charge in [-0.15, -0.1) is 0 Å². The zero-order chi connectivity index (χ0) is 19.0. The van der Waals surface area contributed by atoms with Gasteiger partial charge in [-0.1, -0.05) is 38.1 Å². The van der Waals surface area contributed by atoms with Crippen molar-refractivity contribution < 1.29 is 5.11 Å². The van der Waals surface area contributed by atoms with Gasteiger partial charge in [0, 0.05) is 24.6 Å². The molecule has 0 radical (unpaired) electrons. The number of nitrogens with zero attached hydrogens (tertiary/aromatic N) is 3. The fraction of sp³-hybridized carbons (Fsp3) is 0.545. The molecule has 0 spiro atoms. The maximum absolute atomic E-state index is 9.70. The van der Waals surface area contributed by atoms with E-state index in [0.717, 1.165) is 30.4 Å². The molecule has 1 aliphatic carbocycles. The van der Waals surface area contributed by atoms with Crippen molar-refractivity contribution in [2.75, 3.05) is 16.8 Å². The van der Waals surface area contributed by atoms with Crippen molar-refractivity contribution in [3.8, 4) is 0 Å². The molecule has 5 nitrogen and oxygen atoms in total. The van der Waals surface area contributed by atoms with Crippen molar-refractivity contribution in [2.45, 2.75) is 64.6 Å². The van der Waals surface area contributed by atoms with Crippen LogP contribution in [0.3, 0.4) is 0 Å². The standard InChI is InChI=1S/C22H30N4O/c1-14(2)19(13-27)23-20-11-21(25-22(24-20)16-8-9-16)26-12-18-7-5-4-6-17(18)10-15(26)3/h4-7,11,14-16,19,27H,8-10,12-13H2,1-3H3,(H,23,24,25)/t15-,19+/m0/s1. The van der Waals surface area contributed by atoms with Crippen LogP contribution in [0.25, 0.3) is 0 Å². The van der Waals surface area contributed by atoms with E-state index in [-0.39, 0.29) is 12.6 Å². The van der Waals surface area contributed by atoms with Crippen LogP contribution >= 0.6 is 0 Å². The van der Waals surface area contributed by atoms with Gasteiger partial charge in [0.05, 0.1) is 12.6 Å². The summed E-state index contributed by atoms with van der Waals surface area (Å²) < 4.78 is 0. The summed E-state index contributed by atoms with van der Waals surface area (Å²) >= 11 is 0. The van der Waals surface area contributed by atoms with Crippen molar-refractivity contribution in [3.63, 3.8) is 0 Å². The van der Waals surface area contributed by atoms with Gasteiger partial charge in [-0.05, 0) is 43.2 Å². The fourth-order valence-electron chi connectivity index (χ4n) is 3.80. The van der Waals surface area contributed by atoms with Crippen LogP contribution in [0, 0.1) is 5.92 Å². The summed E-state index contributed by atoms with van der Waals surface area (Å²) in [5, 5.41) is 13.1. The summed E-state index contributed by atoms with van der Waals surface area (Å²) in [6.07, 6.45) is 3.39. The number of hydrogen-bond donors (Lipinski definition) is 2. The Morgan fingerprint density at radius 2 is 1.93 bits per heavy atom. The summed E-state index contributed by atoms with van der Waals surface area (Å²) in [7, 11) is 0. The van der Waals surface area contributed by atoms with Gasteiger partial charge in [-0.3, -0.25) is 0 Å². The Bertz CT molecular complexity index is 803. The second-order valence-electron chi connectivity index (χ2n) is 8.37. The number of nitrogens with one attached hydrogen (secondary N) is 1. The van der Waals surface area contributed by atoms with E-state index in [1.807, 2.05) is 0 Å². The molecular formula is C22H30N4O. The highest BCUT2D eigenvalue weighted by atomic mass is 16.3. The second kappa shape index (κ2) is 7.47. The molecular weight excluding hydrogens is 336 g/mol. The Morgan fingerprint density at radius 1 is 1.19 bits per heavy atom. The SMILES string of the molecule is CC(C)[C@@H](CO)Nc1cc(N2Cc3ccccc3C[C@@H]2C)nc(C2CC2)n1. The van der Waals surface area contributed by atoms with Crippen LogP contribution < -0.4 is 10.2 Å². The fourth-order valence-corrected chi connectivity index (χ4v) is 3.80. The molecule has 5 heteroatoms. The van der Waals surface area contributed by atoms with Crippen LogP contribution in [0.1, 0.15) is 56.5 Å². The maximum Gasteiger partial charge on any atom is 0.136 e. The van der Waals surface area contributed by atoms with Gasteiger partial charge in [0.25, 0.3) is 0 Å². The first-order valence-corrected chi connectivity index (χ1v) is 10.1. The molecule has 2 heterocycles. The van der Waals surface area contributed by atoms with E-state index in [4.69, 9.17) is 9.97 Å². The van der Waals surface area contributed by atoms with Crippen molar-refractivity contribution in [2.24, 2.45) is 5.92 Å². The minimum atomic E-state index is -0.000640. The Balaban J connectivity index is 1.65. The molecule has 0 bridgehead atoms. The van der Waals surface area contributed by atoms with Gasteiger partial charge < -0.3 is 15.3 Å². The summed E-state index contributed by atoms with van der Waals surface area (Å²) in [6.45, 7) is 7.48. The monoisotopic (exact) mass is 366 g/mol. The van der Waals surface area contributed by atoms with E-state index in [9.17, 15) is 5.11 Å². The Kier molecular flexibility index (Phi) is 5.04. The highest BCUT2D eigenvalue weighted by Gasteiger charge is 2.30. The van der Waals surface area contributed by atoms with Gasteiger partial charge in [0.15, 0.2) is 0 Å². The molecule has 1 aromatic carbocycles. The number of hydrogen-bond acceptors (Lipinski definition) is 5. The quantitative estimate of drug-likeness (QED) is 0.816. The Hall–Kier alpha value is -2.14. The largest absolute Gasteiger partial charge is 0.394 e. The first-order valence-electron chi connectivity index (χ1n) is 10.1.